The average Bonchev–Trinajstić information content (AvgIpc) is 2.83. The van der Waals surface area contributed by atoms with E-state index in [1.807, 2.05) is 12.3 Å². The highest BCUT2D eigenvalue weighted by Gasteiger charge is 2.09. The monoisotopic (exact) mass is 235 g/mol. The van der Waals surface area contributed by atoms with Crippen LogP contribution in [-0.2, 0) is 6.54 Å². The van der Waals surface area contributed by atoms with Gasteiger partial charge in [-0.1, -0.05) is 13.8 Å². The third-order valence-electron chi connectivity index (χ3n) is 2.39. The smallest absolute Gasteiger partial charge is 0.140 e. The van der Waals surface area contributed by atoms with Gasteiger partial charge in [0.15, 0.2) is 0 Å². The van der Waals surface area contributed by atoms with Gasteiger partial charge in [0.05, 0.1) is 11.4 Å². The van der Waals surface area contributed by atoms with Gasteiger partial charge in [0, 0.05) is 23.7 Å². The van der Waals surface area contributed by atoms with Crippen molar-refractivity contribution in [3.8, 4) is 10.7 Å². The van der Waals surface area contributed by atoms with Crippen molar-refractivity contribution in [3.05, 3.63) is 28.9 Å². The van der Waals surface area contributed by atoms with Gasteiger partial charge in [0.2, 0.25) is 0 Å². The molecule has 0 aromatic carbocycles. The van der Waals surface area contributed by atoms with Crippen LogP contribution >= 0.6 is 11.3 Å². The topological polar surface area (TPSA) is 40.7 Å². The number of aromatic nitrogens is 2. The Morgan fingerprint density at radius 2 is 2.31 bits per heavy atom. The zero-order chi connectivity index (χ0) is 11.5. The summed E-state index contributed by atoms with van der Waals surface area (Å²) in [6.45, 7) is 7.28. The van der Waals surface area contributed by atoms with E-state index in [-0.39, 0.29) is 0 Å². The summed E-state index contributed by atoms with van der Waals surface area (Å²) in [6, 6.07) is 4.56. The number of aryl methyl sites for hydroxylation is 1. The Morgan fingerprint density at radius 3 is 2.94 bits per heavy atom. The lowest BCUT2D eigenvalue weighted by Crippen LogP contribution is -2.21. The van der Waals surface area contributed by atoms with Gasteiger partial charge in [-0.05, 0) is 19.1 Å². The van der Waals surface area contributed by atoms with E-state index in [0.717, 1.165) is 22.9 Å². The van der Waals surface area contributed by atoms with Crippen molar-refractivity contribution in [2.75, 3.05) is 0 Å². The number of rotatable bonds is 4. The van der Waals surface area contributed by atoms with E-state index in [9.17, 15) is 0 Å². The molecule has 2 heterocycles. The highest BCUT2D eigenvalue weighted by Crippen LogP contribution is 2.26. The van der Waals surface area contributed by atoms with Crippen LogP contribution in [0.25, 0.3) is 10.7 Å². The van der Waals surface area contributed by atoms with Gasteiger partial charge in [-0.15, -0.1) is 11.3 Å². The molecule has 0 aliphatic heterocycles. The van der Waals surface area contributed by atoms with E-state index in [4.69, 9.17) is 0 Å². The van der Waals surface area contributed by atoms with Crippen molar-refractivity contribution < 1.29 is 0 Å². The van der Waals surface area contributed by atoms with Crippen molar-refractivity contribution in [2.24, 2.45) is 0 Å². The lowest BCUT2D eigenvalue weighted by Gasteiger charge is -2.05. The van der Waals surface area contributed by atoms with E-state index in [1.54, 1.807) is 11.3 Å². The number of nitrogens with zero attached hydrogens (tertiary/aromatic N) is 1. The second kappa shape index (κ2) is 4.80. The van der Waals surface area contributed by atoms with Gasteiger partial charge in [-0.2, -0.15) is 0 Å². The molecule has 0 bridgehead atoms. The van der Waals surface area contributed by atoms with Crippen molar-refractivity contribution in [1.82, 2.24) is 15.3 Å². The van der Waals surface area contributed by atoms with E-state index >= 15 is 0 Å². The maximum atomic E-state index is 4.58. The molecular weight excluding hydrogens is 218 g/mol. The number of nitrogens with one attached hydrogen (secondary N) is 2. The summed E-state index contributed by atoms with van der Waals surface area (Å²) in [5.74, 6) is 0. The molecule has 86 valence electrons. The van der Waals surface area contributed by atoms with Gasteiger partial charge in [0.1, 0.15) is 5.01 Å². The number of H-pyrrole nitrogens is 1. The van der Waals surface area contributed by atoms with Gasteiger partial charge in [-0.25, -0.2) is 4.98 Å². The van der Waals surface area contributed by atoms with Crippen LogP contribution in [0.4, 0.5) is 0 Å². The molecule has 0 aliphatic rings. The third kappa shape index (κ3) is 2.51. The Labute approximate surface area is 99.9 Å². The summed E-state index contributed by atoms with van der Waals surface area (Å²) >= 11 is 1.75. The fraction of sp³-hybridized carbons (Fsp3) is 0.417. The van der Waals surface area contributed by atoms with E-state index in [1.165, 1.54) is 4.88 Å². The minimum atomic E-state index is 0.510. The maximum Gasteiger partial charge on any atom is 0.140 e. The molecule has 2 aromatic rings. The number of aromatic amines is 1. The largest absolute Gasteiger partial charge is 0.359 e. The van der Waals surface area contributed by atoms with Gasteiger partial charge in [0.25, 0.3) is 0 Å². The van der Waals surface area contributed by atoms with Crippen LogP contribution in [0.15, 0.2) is 18.3 Å². The maximum absolute atomic E-state index is 4.58. The Balaban J connectivity index is 2.16. The molecule has 16 heavy (non-hydrogen) atoms. The van der Waals surface area contributed by atoms with Crippen LogP contribution in [0.2, 0.25) is 0 Å². The molecule has 0 radical (unpaired) electrons. The fourth-order valence-corrected chi connectivity index (χ4v) is 2.47. The van der Waals surface area contributed by atoms with Crippen molar-refractivity contribution >= 4 is 11.3 Å². The van der Waals surface area contributed by atoms with Gasteiger partial charge >= 0.3 is 0 Å². The van der Waals surface area contributed by atoms with Crippen molar-refractivity contribution in [2.45, 2.75) is 33.4 Å². The fourth-order valence-electron chi connectivity index (χ4n) is 1.47. The first-order valence-electron chi connectivity index (χ1n) is 5.50. The van der Waals surface area contributed by atoms with Crippen molar-refractivity contribution in [1.29, 1.82) is 0 Å². The third-order valence-corrected chi connectivity index (χ3v) is 3.58. The Morgan fingerprint density at radius 1 is 1.50 bits per heavy atom. The first-order chi connectivity index (χ1) is 7.66. The summed E-state index contributed by atoms with van der Waals surface area (Å²) in [6.07, 6.45) is 1.93. The average molecular weight is 235 g/mol. The van der Waals surface area contributed by atoms with Crippen LogP contribution in [0, 0.1) is 6.92 Å². The summed E-state index contributed by atoms with van der Waals surface area (Å²) < 4.78 is 0. The molecular formula is C12H17N3S. The minimum Gasteiger partial charge on any atom is -0.359 e. The predicted molar refractivity (Wildman–Crippen MR) is 68.6 cm³/mol. The van der Waals surface area contributed by atoms with Crippen LogP contribution in [0.3, 0.4) is 0 Å². The van der Waals surface area contributed by atoms with Gasteiger partial charge < -0.3 is 10.3 Å². The Bertz CT molecular complexity index is 443. The quantitative estimate of drug-likeness (QED) is 0.855. The summed E-state index contributed by atoms with van der Waals surface area (Å²) in [5.41, 5.74) is 2.23. The van der Waals surface area contributed by atoms with Crippen LogP contribution < -0.4 is 5.32 Å². The lowest BCUT2D eigenvalue weighted by molar-refractivity contribution is 0.591. The molecule has 0 amide bonds. The Kier molecular flexibility index (Phi) is 3.41. The number of hydrogen-bond acceptors (Lipinski definition) is 3. The molecule has 0 fully saturated rings. The molecule has 2 rings (SSSR count). The molecule has 0 atom stereocenters. The summed E-state index contributed by atoms with van der Waals surface area (Å²) in [4.78, 5) is 9.08. The molecule has 2 N–H and O–H groups in total. The molecule has 0 aliphatic carbocycles. The molecule has 4 heteroatoms. The molecule has 3 nitrogen and oxygen atoms in total. The number of hydrogen-bond donors (Lipinski definition) is 2. The second-order valence-electron chi connectivity index (χ2n) is 4.15. The lowest BCUT2D eigenvalue weighted by atomic mass is 10.3. The zero-order valence-corrected chi connectivity index (χ0v) is 10.7. The molecule has 0 spiro atoms. The summed E-state index contributed by atoms with van der Waals surface area (Å²) in [7, 11) is 0. The summed E-state index contributed by atoms with van der Waals surface area (Å²) in [5, 5.41) is 4.49. The molecule has 0 saturated carbocycles. The molecule has 0 unspecified atom stereocenters. The first kappa shape index (κ1) is 11.4. The van der Waals surface area contributed by atoms with Crippen molar-refractivity contribution in [3.63, 3.8) is 0 Å². The Hall–Kier alpha value is -1.13. The first-order valence-corrected chi connectivity index (χ1v) is 6.32. The highest BCUT2D eigenvalue weighted by molar-refractivity contribution is 7.15. The standard InChI is InChI=1S/C12H17N3S/c1-8(2)14-7-11-9(3)15-12(16-11)10-5-4-6-13-10/h4-6,8,13-14H,7H2,1-3H3. The van der Waals surface area contributed by atoms with E-state index in [0.29, 0.717) is 6.04 Å². The SMILES string of the molecule is Cc1nc(-c2ccc[nH]2)sc1CNC(C)C. The molecule has 2 aromatic heterocycles. The van der Waals surface area contributed by atoms with Crippen LogP contribution in [-0.4, -0.2) is 16.0 Å². The van der Waals surface area contributed by atoms with Crippen LogP contribution in [0.1, 0.15) is 24.4 Å². The normalized spacial score (nSPS) is 11.2. The molecule has 0 saturated heterocycles. The van der Waals surface area contributed by atoms with E-state index in [2.05, 4.69) is 42.1 Å². The zero-order valence-electron chi connectivity index (χ0n) is 9.87. The highest BCUT2D eigenvalue weighted by atomic mass is 32.1. The van der Waals surface area contributed by atoms with Crippen LogP contribution in [0.5, 0.6) is 0 Å². The predicted octanol–water partition coefficient (Wildman–Crippen LogP) is 2.94. The minimum absolute atomic E-state index is 0.510. The number of thiazole rings is 1. The second-order valence-corrected chi connectivity index (χ2v) is 5.23. The van der Waals surface area contributed by atoms with Gasteiger partial charge in [-0.3, -0.25) is 0 Å². The van der Waals surface area contributed by atoms with E-state index < -0.39 is 0 Å².